The first kappa shape index (κ1) is 16.8. The van der Waals surface area contributed by atoms with Crippen LogP contribution in [0.15, 0.2) is 0 Å². The number of nitrogens with two attached hydrogens (primary N) is 1. The lowest BCUT2D eigenvalue weighted by atomic mass is 9.87. The molecule has 2 N–H and O–H groups in total. The van der Waals surface area contributed by atoms with E-state index >= 15 is 0 Å². The van der Waals surface area contributed by atoms with Gasteiger partial charge >= 0.3 is 0 Å². The number of thioether (sulfide) groups is 1. The Balaban J connectivity index is 2.45. The van der Waals surface area contributed by atoms with Crippen LogP contribution in [0.2, 0.25) is 0 Å². The Labute approximate surface area is 122 Å². The quantitative estimate of drug-likeness (QED) is 0.868. The number of nitrogens with zero attached hydrogens (tertiary/aromatic N) is 1. The smallest absolute Gasteiger partial charge is 0.224 e. The topological polar surface area (TPSA) is 46.3 Å². The molecule has 1 atom stereocenters. The molecule has 0 saturated carbocycles. The Kier molecular flexibility index (Phi) is 5.75. The number of hydrogen-bond acceptors (Lipinski definition) is 3. The highest BCUT2D eigenvalue weighted by atomic mass is 32.2. The van der Waals surface area contributed by atoms with Crippen LogP contribution < -0.4 is 5.73 Å². The predicted molar refractivity (Wildman–Crippen MR) is 84.4 cm³/mol. The van der Waals surface area contributed by atoms with Crippen LogP contribution in [-0.2, 0) is 4.79 Å². The van der Waals surface area contributed by atoms with Gasteiger partial charge in [0.05, 0.1) is 0 Å². The summed E-state index contributed by atoms with van der Waals surface area (Å²) in [5.74, 6) is 1.27. The van der Waals surface area contributed by atoms with Crippen LogP contribution in [0.25, 0.3) is 0 Å². The minimum atomic E-state index is -0.0172. The van der Waals surface area contributed by atoms with E-state index in [4.69, 9.17) is 5.73 Å². The zero-order valence-electron chi connectivity index (χ0n) is 13.2. The van der Waals surface area contributed by atoms with E-state index in [9.17, 15) is 4.79 Å². The standard InChI is InChI=1S/C15H30N2OS/c1-14(2,3)11-12(16)10-13(18)17-7-6-15(4,5)19-9-8-17/h12H,6-11,16H2,1-5H3. The van der Waals surface area contributed by atoms with E-state index in [2.05, 4.69) is 34.6 Å². The van der Waals surface area contributed by atoms with Crippen LogP contribution in [0.3, 0.4) is 0 Å². The van der Waals surface area contributed by atoms with Crippen molar-refractivity contribution in [3.05, 3.63) is 0 Å². The second kappa shape index (κ2) is 6.49. The van der Waals surface area contributed by atoms with Crippen molar-refractivity contribution in [1.29, 1.82) is 0 Å². The molecule has 1 rings (SSSR count). The van der Waals surface area contributed by atoms with E-state index in [1.807, 2.05) is 16.7 Å². The van der Waals surface area contributed by atoms with Crippen molar-refractivity contribution in [2.75, 3.05) is 18.8 Å². The largest absolute Gasteiger partial charge is 0.342 e. The maximum atomic E-state index is 12.3. The Morgan fingerprint density at radius 2 is 2.00 bits per heavy atom. The van der Waals surface area contributed by atoms with Gasteiger partial charge in [0, 0.05) is 36.1 Å². The highest BCUT2D eigenvalue weighted by Crippen LogP contribution is 2.31. The fourth-order valence-electron chi connectivity index (χ4n) is 2.48. The second-order valence-corrected chi connectivity index (χ2v) is 9.27. The molecule has 19 heavy (non-hydrogen) atoms. The Morgan fingerprint density at radius 3 is 2.58 bits per heavy atom. The number of hydrogen-bond donors (Lipinski definition) is 1. The molecular formula is C15H30N2OS. The molecule has 1 aliphatic heterocycles. The van der Waals surface area contributed by atoms with Crippen molar-refractivity contribution in [1.82, 2.24) is 4.90 Å². The molecule has 1 unspecified atom stereocenters. The molecule has 0 aromatic rings. The van der Waals surface area contributed by atoms with Crippen molar-refractivity contribution in [3.63, 3.8) is 0 Å². The predicted octanol–water partition coefficient (Wildman–Crippen LogP) is 2.88. The minimum Gasteiger partial charge on any atom is -0.342 e. The van der Waals surface area contributed by atoms with Gasteiger partial charge in [0.1, 0.15) is 0 Å². The highest BCUT2D eigenvalue weighted by molar-refractivity contribution is 8.00. The lowest BCUT2D eigenvalue weighted by Crippen LogP contribution is -2.38. The second-order valence-electron chi connectivity index (χ2n) is 7.47. The van der Waals surface area contributed by atoms with Gasteiger partial charge in [0.15, 0.2) is 0 Å². The Morgan fingerprint density at radius 1 is 1.37 bits per heavy atom. The molecule has 1 amide bonds. The van der Waals surface area contributed by atoms with Crippen molar-refractivity contribution in [3.8, 4) is 0 Å². The van der Waals surface area contributed by atoms with Gasteiger partial charge in [-0.2, -0.15) is 11.8 Å². The van der Waals surface area contributed by atoms with Crippen molar-refractivity contribution < 1.29 is 4.79 Å². The zero-order chi connectivity index (χ0) is 14.7. The molecule has 1 aliphatic rings. The van der Waals surface area contributed by atoms with Crippen LogP contribution in [0.5, 0.6) is 0 Å². The number of carbonyl (C=O) groups excluding carboxylic acids is 1. The molecule has 3 nitrogen and oxygen atoms in total. The number of carbonyl (C=O) groups is 1. The Bertz CT molecular complexity index is 310. The van der Waals surface area contributed by atoms with E-state index in [0.29, 0.717) is 11.2 Å². The molecule has 0 aromatic heterocycles. The molecule has 1 fully saturated rings. The Hall–Kier alpha value is -0.220. The first-order valence-corrected chi connectivity index (χ1v) is 8.25. The number of rotatable bonds is 3. The first-order chi connectivity index (χ1) is 8.59. The van der Waals surface area contributed by atoms with Gasteiger partial charge in [-0.05, 0) is 18.3 Å². The summed E-state index contributed by atoms with van der Waals surface area (Å²) < 4.78 is 0.294. The summed E-state index contributed by atoms with van der Waals surface area (Å²) in [4.78, 5) is 14.3. The molecule has 0 aliphatic carbocycles. The summed E-state index contributed by atoms with van der Waals surface area (Å²) in [6.45, 7) is 12.8. The van der Waals surface area contributed by atoms with Gasteiger partial charge in [-0.25, -0.2) is 0 Å². The summed E-state index contributed by atoms with van der Waals surface area (Å²) in [5, 5.41) is 0. The summed E-state index contributed by atoms with van der Waals surface area (Å²) in [7, 11) is 0. The molecule has 1 saturated heterocycles. The van der Waals surface area contributed by atoms with Crippen LogP contribution in [0.1, 0.15) is 53.9 Å². The SMILES string of the molecule is CC(C)(C)CC(N)CC(=O)N1CCSC(C)(C)CC1. The van der Waals surface area contributed by atoms with E-state index in [1.165, 1.54) is 0 Å². The van der Waals surface area contributed by atoms with Crippen LogP contribution in [-0.4, -0.2) is 40.4 Å². The fourth-order valence-corrected chi connectivity index (χ4v) is 3.58. The van der Waals surface area contributed by atoms with Gasteiger partial charge < -0.3 is 10.6 Å². The maximum absolute atomic E-state index is 12.3. The summed E-state index contributed by atoms with van der Waals surface area (Å²) >= 11 is 1.97. The molecule has 0 aromatic carbocycles. The van der Waals surface area contributed by atoms with Crippen LogP contribution >= 0.6 is 11.8 Å². The maximum Gasteiger partial charge on any atom is 0.224 e. The molecule has 4 heteroatoms. The van der Waals surface area contributed by atoms with Crippen molar-refractivity contribution >= 4 is 17.7 Å². The minimum absolute atomic E-state index is 0.0172. The van der Waals surface area contributed by atoms with Gasteiger partial charge in [-0.15, -0.1) is 0 Å². The third-order valence-electron chi connectivity index (χ3n) is 3.50. The van der Waals surface area contributed by atoms with E-state index in [1.54, 1.807) is 0 Å². The summed E-state index contributed by atoms with van der Waals surface area (Å²) in [5.41, 5.74) is 6.30. The normalized spacial score (nSPS) is 21.9. The van der Waals surface area contributed by atoms with Crippen molar-refractivity contribution in [2.45, 2.75) is 64.7 Å². The average Bonchev–Trinajstić information content (AvgIpc) is 2.36. The van der Waals surface area contributed by atoms with E-state index < -0.39 is 0 Å². The van der Waals surface area contributed by atoms with Gasteiger partial charge in [0.2, 0.25) is 5.91 Å². The molecule has 0 spiro atoms. The third-order valence-corrected chi connectivity index (χ3v) is 4.87. The molecule has 112 valence electrons. The zero-order valence-corrected chi connectivity index (χ0v) is 14.0. The van der Waals surface area contributed by atoms with Gasteiger partial charge in [-0.3, -0.25) is 4.79 Å². The lowest BCUT2D eigenvalue weighted by molar-refractivity contribution is -0.131. The highest BCUT2D eigenvalue weighted by Gasteiger charge is 2.27. The van der Waals surface area contributed by atoms with E-state index in [-0.39, 0.29) is 17.4 Å². The fraction of sp³-hybridized carbons (Fsp3) is 0.933. The lowest BCUT2D eigenvalue weighted by Gasteiger charge is -2.26. The molecule has 1 heterocycles. The molecular weight excluding hydrogens is 256 g/mol. The summed E-state index contributed by atoms with van der Waals surface area (Å²) in [6, 6.07) is -0.0172. The van der Waals surface area contributed by atoms with Gasteiger partial charge in [0.25, 0.3) is 0 Å². The van der Waals surface area contributed by atoms with Crippen LogP contribution in [0, 0.1) is 5.41 Å². The number of amides is 1. The molecule has 0 radical (unpaired) electrons. The third kappa shape index (κ3) is 6.66. The monoisotopic (exact) mass is 286 g/mol. The first-order valence-electron chi connectivity index (χ1n) is 7.26. The molecule has 0 bridgehead atoms. The van der Waals surface area contributed by atoms with Gasteiger partial charge in [-0.1, -0.05) is 34.6 Å². The van der Waals surface area contributed by atoms with Crippen LogP contribution in [0.4, 0.5) is 0 Å². The van der Waals surface area contributed by atoms with E-state index in [0.717, 1.165) is 31.7 Å². The van der Waals surface area contributed by atoms with Crippen molar-refractivity contribution in [2.24, 2.45) is 11.1 Å². The average molecular weight is 286 g/mol. The summed E-state index contributed by atoms with van der Waals surface area (Å²) in [6.07, 6.45) is 2.45.